The number of rotatable bonds is 5. The Kier molecular flexibility index (Phi) is 5.44. The van der Waals surface area contributed by atoms with Crippen LogP contribution in [0.3, 0.4) is 0 Å². The lowest BCUT2D eigenvalue weighted by Gasteiger charge is -2.12. The van der Waals surface area contributed by atoms with Crippen LogP contribution in [0.15, 0.2) is 67.3 Å². The number of benzene rings is 2. The number of aromatic nitrogens is 2. The van der Waals surface area contributed by atoms with E-state index in [0.717, 1.165) is 23.3 Å². The van der Waals surface area contributed by atoms with Gasteiger partial charge in [0.2, 0.25) is 0 Å². The second-order valence-corrected chi connectivity index (χ2v) is 5.89. The Hall–Kier alpha value is -3.29. The summed E-state index contributed by atoms with van der Waals surface area (Å²) in [5.74, 6) is 0. The minimum Gasteiger partial charge on any atom is -0.334 e. The van der Waals surface area contributed by atoms with Gasteiger partial charge in [0.15, 0.2) is 0 Å². The van der Waals surface area contributed by atoms with E-state index in [-0.39, 0.29) is 12.2 Å². The van der Waals surface area contributed by atoms with Crippen LogP contribution in [0.25, 0.3) is 0 Å². The Morgan fingerprint density at radius 2 is 1.74 bits per heavy atom. The van der Waals surface area contributed by atoms with Gasteiger partial charge in [-0.25, -0.2) is 9.78 Å². The average Bonchev–Trinajstić information content (AvgIpc) is 3.14. The smallest absolute Gasteiger partial charge is 0.334 e. The maximum atomic E-state index is 12.6. The topological polar surface area (TPSA) is 59.0 Å². The third-order valence-electron chi connectivity index (χ3n) is 3.94. The zero-order valence-corrected chi connectivity index (χ0v) is 14.2. The molecule has 27 heavy (non-hydrogen) atoms. The Balaban J connectivity index is 1.58. The minimum atomic E-state index is -4.40. The zero-order valence-electron chi connectivity index (χ0n) is 14.2. The van der Waals surface area contributed by atoms with Crippen LogP contribution in [-0.2, 0) is 19.3 Å². The van der Waals surface area contributed by atoms with Crippen molar-refractivity contribution in [1.29, 1.82) is 0 Å². The average molecular weight is 374 g/mol. The van der Waals surface area contributed by atoms with Gasteiger partial charge in [0.05, 0.1) is 11.9 Å². The first-order valence-electron chi connectivity index (χ1n) is 8.16. The number of anilines is 1. The summed E-state index contributed by atoms with van der Waals surface area (Å²) in [4.78, 5) is 16.0. The maximum Gasteiger partial charge on any atom is 0.416 e. The van der Waals surface area contributed by atoms with Gasteiger partial charge < -0.3 is 15.2 Å². The van der Waals surface area contributed by atoms with Crippen LogP contribution < -0.4 is 10.6 Å². The molecule has 0 aliphatic heterocycles. The Morgan fingerprint density at radius 3 is 2.37 bits per heavy atom. The highest BCUT2D eigenvalue weighted by molar-refractivity contribution is 5.89. The molecule has 1 aromatic heterocycles. The normalized spacial score (nSPS) is 11.2. The van der Waals surface area contributed by atoms with E-state index in [4.69, 9.17) is 0 Å². The molecule has 2 amide bonds. The molecule has 0 unspecified atom stereocenters. The van der Waals surface area contributed by atoms with Gasteiger partial charge in [-0.1, -0.05) is 24.3 Å². The summed E-state index contributed by atoms with van der Waals surface area (Å²) in [6.45, 7) is 0.912. The van der Waals surface area contributed by atoms with Crippen molar-refractivity contribution in [1.82, 2.24) is 14.9 Å². The number of imidazole rings is 1. The predicted molar refractivity (Wildman–Crippen MR) is 95.1 cm³/mol. The van der Waals surface area contributed by atoms with Crippen LogP contribution >= 0.6 is 0 Å². The fourth-order valence-corrected chi connectivity index (χ4v) is 2.55. The lowest BCUT2D eigenvalue weighted by atomic mass is 10.1. The van der Waals surface area contributed by atoms with E-state index in [1.165, 1.54) is 12.1 Å². The number of carbonyl (C=O) groups excluding carboxylic acids is 1. The molecular weight excluding hydrogens is 357 g/mol. The molecule has 0 saturated carbocycles. The molecule has 0 saturated heterocycles. The molecular formula is C19H17F3N4O. The first kappa shape index (κ1) is 18.5. The zero-order chi connectivity index (χ0) is 19.3. The number of amides is 2. The summed E-state index contributed by atoms with van der Waals surface area (Å²) >= 11 is 0. The van der Waals surface area contributed by atoms with Gasteiger partial charge in [-0.05, 0) is 35.4 Å². The molecule has 1 heterocycles. The summed E-state index contributed by atoms with van der Waals surface area (Å²) in [7, 11) is 0. The van der Waals surface area contributed by atoms with E-state index in [1.54, 1.807) is 12.5 Å². The second kappa shape index (κ2) is 7.94. The van der Waals surface area contributed by atoms with Crippen molar-refractivity contribution in [3.8, 4) is 0 Å². The molecule has 8 heteroatoms. The molecule has 140 valence electrons. The quantitative estimate of drug-likeness (QED) is 0.701. The number of hydrogen-bond acceptors (Lipinski definition) is 2. The van der Waals surface area contributed by atoms with Crippen molar-refractivity contribution >= 4 is 11.7 Å². The van der Waals surface area contributed by atoms with Crippen LogP contribution in [0, 0.1) is 0 Å². The molecule has 2 N–H and O–H groups in total. The molecule has 5 nitrogen and oxygen atoms in total. The van der Waals surface area contributed by atoms with Crippen molar-refractivity contribution in [3.05, 3.63) is 83.9 Å². The minimum absolute atomic E-state index is 0.284. The van der Waals surface area contributed by atoms with E-state index < -0.39 is 17.8 Å². The highest BCUT2D eigenvalue weighted by atomic mass is 19.4. The van der Waals surface area contributed by atoms with Crippen molar-refractivity contribution in [2.75, 3.05) is 5.32 Å². The van der Waals surface area contributed by atoms with E-state index in [9.17, 15) is 18.0 Å². The molecule has 3 rings (SSSR count). The largest absolute Gasteiger partial charge is 0.416 e. The number of urea groups is 1. The molecule has 0 fully saturated rings. The molecule has 0 aliphatic rings. The highest BCUT2D eigenvalue weighted by Crippen LogP contribution is 2.29. The van der Waals surface area contributed by atoms with Gasteiger partial charge in [0.25, 0.3) is 0 Å². The number of hydrogen-bond donors (Lipinski definition) is 2. The van der Waals surface area contributed by atoms with Crippen LogP contribution in [0.4, 0.5) is 23.7 Å². The van der Waals surface area contributed by atoms with E-state index in [2.05, 4.69) is 15.6 Å². The first-order valence-corrected chi connectivity index (χ1v) is 8.16. The summed E-state index contributed by atoms with van der Waals surface area (Å²) in [5, 5.41) is 5.24. The molecule has 0 spiro atoms. The molecule has 0 atom stereocenters. The second-order valence-electron chi connectivity index (χ2n) is 5.89. The van der Waals surface area contributed by atoms with Crippen molar-refractivity contribution in [2.45, 2.75) is 19.3 Å². The number of carbonyl (C=O) groups is 1. The monoisotopic (exact) mass is 374 g/mol. The van der Waals surface area contributed by atoms with Gasteiger partial charge in [-0.2, -0.15) is 13.2 Å². The number of nitrogens with zero attached hydrogens (tertiary/aromatic N) is 2. The van der Waals surface area contributed by atoms with E-state index in [1.807, 2.05) is 35.0 Å². The standard InChI is InChI=1S/C19H17F3N4O/c20-19(21,22)16-5-7-17(8-6-16)25-18(27)24-11-14-3-1-2-4-15(14)12-26-10-9-23-13-26/h1-10,13H,11-12H2,(H2,24,25,27). The van der Waals surface area contributed by atoms with Gasteiger partial charge >= 0.3 is 12.2 Å². The van der Waals surface area contributed by atoms with Gasteiger partial charge in [-0.15, -0.1) is 0 Å². The van der Waals surface area contributed by atoms with Crippen LogP contribution in [0.1, 0.15) is 16.7 Å². The summed E-state index contributed by atoms with van der Waals surface area (Å²) in [5.41, 5.74) is 1.49. The Bertz CT molecular complexity index is 890. The Morgan fingerprint density at radius 1 is 1.04 bits per heavy atom. The lowest BCUT2D eigenvalue weighted by molar-refractivity contribution is -0.137. The third kappa shape index (κ3) is 5.10. The number of nitrogens with one attached hydrogen (secondary N) is 2. The highest BCUT2D eigenvalue weighted by Gasteiger charge is 2.29. The van der Waals surface area contributed by atoms with Crippen molar-refractivity contribution in [2.24, 2.45) is 0 Å². The maximum absolute atomic E-state index is 12.6. The fourth-order valence-electron chi connectivity index (χ4n) is 2.55. The number of halogens is 3. The SMILES string of the molecule is O=C(NCc1ccccc1Cn1ccnc1)Nc1ccc(C(F)(F)F)cc1. The molecule has 2 aromatic carbocycles. The molecule has 0 radical (unpaired) electrons. The van der Waals surface area contributed by atoms with Gasteiger partial charge in [-0.3, -0.25) is 0 Å². The van der Waals surface area contributed by atoms with Crippen molar-refractivity contribution in [3.63, 3.8) is 0 Å². The third-order valence-corrected chi connectivity index (χ3v) is 3.94. The molecule has 3 aromatic rings. The van der Waals surface area contributed by atoms with Gasteiger partial charge in [0, 0.05) is 31.2 Å². The van der Waals surface area contributed by atoms with Gasteiger partial charge in [0.1, 0.15) is 0 Å². The fraction of sp³-hybridized carbons (Fsp3) is 0.158. The van der Waals surface area contributed by atoms with E-state index >= 15 is 0 Å². The van der Waals surface area contributed by atoms with Crippen LogP contribution in [0.2, 0.25) is 0 Å². The van der Waals surface area contributed by atoms with E-state index in [0.29, 0.717) is 6.54 Å². The lowest BCUT2D eigenvalue weighted by Crippen LogP contribution is -2.28. The predicted octanol–water partition coefficient (Wildman–Crippen LogP) is 4.27. The molecule has 0 aliphatic carbocycles. The first-order chi connectivity index (χ1) is 12.9. The van der Waals surface area contributed by atoms with Crippen molar-refractivity contribution < 1.29 is 18.0 Å². The summed E-state index contributed by atoms with van der Waals surface area (Å²) in [6.07, 6.45) is 0.848. The molecule has 0 bridgehead atoms. The Labute approximate surface area is 153 Å². The van der Waals surface area contributed by atoms with Crippen LogP contribution in [-0.4, -0.2) is 15.6 Å². The van der Waals surface area contributed by atoms with Crippen LogP contribution in [0.5, 0.6) is 0 Å². The number of alkyl halides is 3. The summed E-state index contributed by atoms with van der Waals surface area (Å²) < 4.78 is 39.6. The summed E-state index contributed by atoms with van der Waals surface area (Å²) in [6, 6.07) is 11.5.